The molecule has 9 heteroatoms. The first-order chi connectivity index (χ1) is 42.4. The molecule has 0 radical (unpaired) electrons. The third-order valence-electron chi connectivity index (χ3n) is 14.8. The maximum atomic E-state index is 5.52. The van der Waals surface area contributed by atoms with Crippen molar-refractivity contribution in [3.05, 3.63) is 283 Å². The maximum absolute atomic E-state index is 5.52. The van der Waals surface area contributed by atoms with E-state index in [-0.39, 0.29) is 0 Å². The first-order valence-corrected chi connectivity index (χ1v) is 30.8. The highest BCUT2D eigenvalue weighted by molar-refractivity contribution is 7.18. The summed E-state index contributed by atoms with van der Waals surface area (Å²) in [5.41, 5.74) is 19.5. The van der Waals surface area contributed by atoms with Gasteiger partial charge in [0.15, 0.2) is 11.5 Å². The number of thiazole rings is 1. The minimum atomic E-state index is 0.318. The van der Waals surface area contributed by atoms with Crippen molar-refractivity contribution in [2.75, 3.05) is 0 Å². The second kappa shape index (κ2) is 27.4. The fourth-order valence-electron chi connectivity index (χ4n) is 10.1. The molecule has 87 heavy (non-hydrogen) atoms. The molecule has 14 aromatic rings. The molecule has 6 heterocycles. The van der Waals surface area contributed by atoms with Crippen molar-refractivity contribution in [3.63, 3.8) is 0 Å². The largest absolute Gasteiger partial charge is 0.440 e. The van der Waals surface area contributed by atoms with E-state index >= 15 is 0 Å². The minimum absolute atomic E-state index is 0.318. The van der Waals surface area contributed by atoms with Gasteiger partial charge in [0.2, 0.25) is 0 Å². The summed E-state index contributed by atoms with van der Waals surface area (Å²) >= 11 is 1.79. The first kappa shape index (κ1) is 58.8. The number of pyridine rings is 3. The van der Waals surface area contributed by atoms with Gasteiger partial charge in [0.25, 0.3) is 0 Å². The number of imidazole rings is 1. The van der Waals surface area contributed by atoms with E-state index in [9.17, 15) is 0 Å². The fraction of sp³-hybridized carbons (Fsp3) is 0.154. The van der Waals surface area contributed by atoms with E-state index in [0.29, 0.717) is 23.7 Å². The molecule has 0 unspecified atom stereocenters. The van der Waals surface area contributed by atoms with E-state index in [2.05, 4.69) is 264 Å². The van der Waals surface area contributed by atoms with Crippen molar-refractivity contribution < 1.29 is 4.42 Å². The summed E-state index contributed by atoms with van der Waals surface area (Å²) in [5, 5.41) is 1.23. The van der Waals surface area contributed by atoms with Crippen LogP contribution in [0.3, 0.4) is 0 Å². The van der Waals surface area contributed by atoms with Gasteiger partial charge in [-0.1, -0.05) is 231 Å². The topological polar surface area (TPSA) is 95.4 Å². The molecular weight excluding hydrogens is 1080 g/mol. The highest BCUT2D eigenvalue weighted by Crippen LogP contribution is 2.36. The molecule has 14 rings (SSSR count). The van der Waals surface area contributed by atoms with Crippen LogP contribution in [0.25, 0.3) is 106 Å². The summed E-state index contributed by atoms with van der Waals surface area (Å²) in [6.07, 6.45) is 0. The van der Waals surface area contributed by atoms with Crippen molar-refractivity contribution in [3.8, 4) is 73.2 Å². The Bertz CT molecular complexity index is 4110. The average Bonchev–Trinajstić information content (AvgIpc) is 3.78. The average molecular weight is 1150 g/mol. The Balaban J connectivity index is 0.000000150. The molecule has 0 aliphatic rings. The van der Waals surface area contributed by atoms with E-state index < -0.39 is 0 Å². The van der Waals surface area contributed by atoms with Crippen molar-refractivity contribution in [2.24, 2.45) is 0 Å². The predicted molar refractivity (Wildman–Crippen MR) is 363 cm³/mol. The van der Waals surface area contributed by atoms with Crippen LogP contribution in [0.4, 0.5) is 0 Å². The van der Waals surface area contributed by atoms with Gasteiger partial charge in [0.05, 0.1) is 60.4 Å². The van der Waals surface area contributed by atoms with Gasteiger partial charge in [-0.2, -0.15) is 0 Å². The van der Waals surface area contributed by atoms with Crippen LogP contribution in [0.2, 0.25) is 0 Å². The van der Waals surface area contributed by atoms with E-state index in [4.69, 9.17) is 24.4 Å². The Kier molecular flexibility index (Phi) is 18.5. The van der Waals surface area contributed by atoms with Gasteiger partial charge in [-0.05, 0) is 96.4 Å². The molecule has 0 spiro atoms. The summed E-state index contributed by atoms with van der Waals surface area (Å²) in [7, 11) is 0. The number of oxazole rings is 1. The molecule has 8 aromatic carbocycles. The zero-order valence-corrected chi connectivity index (χ0v) is 51.4. The number of fused-ring (bicyclic) bond motifs is 3. The lowest BCUT2D eigenvalue weighted by molar-refractivity contribution is 0.501. The number of nitrogens with zero attached hydrogens (tertiary/aromatic N) is 7. The Hall–Kier alpha value is -9.96. The second-order valence-corrected chi connectivity index (χ2v) is 23.7. The molecule has 0 saturated carbocycles. The fourth-order valence-corrected chi connectivity index (χ4v) is 11.1. The lowest BCUT2D eigenvalue weighted by Gasteiger charge is -2.15. The Morgan fingerprint density at radius 1 is 0.322 bits per heavy atom. The van der Waals surface area contributed by atoms with Crippen LogP contribution in [0.5, 0.6) is 0 Å². The zero-order valence-electron chi connectivity index (χ0n) is 50.6. The Morgan fingerprint density at radius 3 is 1.15 bits per heavy atom. The van der Waals surface area contributed by atoms with E-state index in [1.54, 1.807) is 11.3 Å². The molecule has 0 N–H and O–H groups in total. The summed E-state index contributed by atoms with van der Waals surface area (Å²) in [4.78, 5) is 29.2. The molecule has 0 aliphatic carbocycles. The first-order valence-electron chi connectivity index (χ1n) is 29.9. The third kappa shape index (κ3) is 14.2. The van der Waals surface area contributed by atoms with Gasteiger partial charge in [-0.25, -0.2) is 29.9 Å². The van der Waals surface area contributed by atoms with Gasteiger partial charge in [-0.15, -0.1) is 11.3 Å². The van der Waals surface area contributed by atoms with Crippen LogP contribution >= 0.6 is 11.3 Å². The second-order valence-electron chi connectivity index (χ2n) is 22.7. The van der Waals surface area contributed by atoms with Crippen molar-refractivity contribution in [1.82, 2.24) is 34.5 Å². The van der Waals surface area contributed by atoms with E-state index in [1.807, 2.05) is 66.7 Å². The highest BCUT2D eigenvalue weighted by atomic mass is 32.1. The smallest absolute Gasteiger partial charge is 0.198 e. The number of rotatable bonds is 11. The molecule has 0 atom stereocenters. The van der Waals surface area contributed by atoms with Gasteiger partial charge in [0.1, 0.15) is 11.3 Å². The lowest BCUT2D eigenvalue weighted by atomic mass is 9.96. The molecule has 8 nitrogen and oxygen atoms in total. The molecular formula is C78H71N7OS. The van der Waals surface area contributed by atoms with E-state index in [0.717, 1.165) is 101 Å². The minimum Gasteiger partial charge on any atom is -0.440 e. The summed E-state index contributed by atoms with van der Waals surface area (Å²) in [6, 6.07) is 89.4. The molecule has 0 bridgehead atoms. The number of hydrogen-bond donors (Lipinski definition) is 0. The SMILES string of the molecule is CC(C)c1cc(-c2cc(-c3ccccc3)nc(-c3ccccc3)c2)nc(-c2cc(-c3ccccc3)nc(-c3ccccc3)c2)c1.CC(C)c1nc2ccccc2n1-c1ccccc1.CC(C)c1nc2ccccc2o1.CC(C)c1nc2ccccc2s1. The summed E-state index contributed by atoms with van der Waals surface area (Å²) < 4.78 is 9.06. The van der Waals surface area contributed by atoms with Gasteiger partial charge < -0.3 is 4.42 Å². The molecule has 0 aliphatic heterocycles. The normalized spacial score (nSPS) is 11.2. The monoisotopic (exact) mass is 1150 g/mol. The number of para-hydroxylation sites is 6. The van der Waals surface area contributed by atoms with Crippen LogP contribution in [-0.4, -0.2) is 34.5 Å². The van der Waals surface area contributed by atoms with Gasteiger partial charge >= 0.3 is 0 Å². The highest BCUT2D eigenvalue weighted by Gasteiger charge is 2.18. The van der Waals surface area contributed by atoms with Gasteiger partial charge in [0, 0.05) is 56.8 Å². The van der Waals surface area contributed by atoms with Crippen molar-refractivity contribution >= 4 is 43.7 Å². The van der Waals surface area contributed by atoms with E-state index in [1.165, 1.54) is 26.5 Å². The standard InChI is InChI=1S/C42H33N3.C16H16N2.C10H11NO.C10H11NS/c1-29(2)34-23-41(35-25-37(30-15-7-3-8-16-30)43-38(26-35)31-17-9-4-10-18-31)45-42(24-34)36-27-39(32-19-11-5-12-20-32)44-40(28-36)33-21-13-6-14-22-33;1-12(2)16-17-14-10-6-7-11-15(14)18(16)13-8-4-3-5-9-13;2*1-7(2)10-11-8-5-3-4-6-9(8)12-10/h3-29H,1-2H3;3-12H,1-2H3;2*3-7H,1-2H3. The number of aromatic nitrogens is 7. The zero-order chi connectivity index (χ0) is 60.2. The summed E-state index contributed by atoms with van der Waals surface area (Å²) in [6.45, 7) is 17.3. The van der Waals surface area contributed by atoms with Gasteiger partial charge in [-0.3, -0.25) is 4.57 Å². The Morgan fingerprint density at radius 2 is 0.724 bits per heavy atom. The number of hydrogen-bond acceptors (Lipinski definition) is 8. The van der Waals surface area contributed by atoms with Crippen LogP contribution in [-0.2, 0) is 0 Å². The summed E-state index contributed by atoms with van der Waals surface area (Å²) in [5.74, 6) is 3.55. The molecule has 0 amide bonds. The van der Waals surface area contributed by atoms with Crippen LogP contribution in [0, 0.1) is 0 Å². The number of benzene rings is 8. The van der Waals surface area contributed by atoms with Crippen LogP contribution < -0.4 is 0 Å². The predicted octanol–water partition coefficient (Wildman–Crippen LogP) is 21.5. The van der Waals surface area contributed by atoms with Crippen molar-refractivity contribution in [1.29, 1.82) is 0 Å². The van der Waals surface area contributed by atoms with Crippen LogP contribution in [0.15, 0.2) is 265 Å². The molecule has 0 fully saturated rings. The Labute approximate surface area is 515 Å². The lowest BCUT2D eigenvalue weighted by Crippen LogP contribution is -2.02. The van der Waals surface area contributed by atoms with Crippen molar-refractivity contribution in [2.45, 2.75) is 79.1 Å². The van der Waals surface area contributed by atoms with Crippen LogP contribution in [0.1, 0.15) is 101 Å². The third-order valence-corrected chi connectivity index (χ3v) is 16.1. The maximum Gasteiger partial charge on any atom is 0.198 e. The molecule has 6 aromatic heterocycles. The quantitative estimate of drug-likeness (QED) is 0.127. The molecule has 430 valence electrons. The molecule has 0 saturated heterocycles.